The second-order valence-electron chi connectivity index (χ2n) is 8.44. The predicted molar refractivity (Wildman–Crippen MR) is 116 cm³/mol. The largest absolute Gasteiger partial charge is 0.369 e. The number of aldehydes is 1. The highest BCUT2D eigenvalue weighted by Crippen LogP contribution is 2.47. The van der Waals surface area contributed by atoms with Crippen molar-refractivity contribution in [1.29, 1.82) is 0 Å². The fraction of sp³-hybridized carbons (Fsp3) is 0.478. The van der Waals surface area contributed by atoms with Gasteiger partial charge in [-0.3, -0.25) is 4.99 Å². The minimum atomic E-state index is -0.204. The molecule has 4 rings (SSSR count). The molecule has 1 N–H and O–H groups in total. The quantitative estimate of drug-likeness (QED) is 0.821. The van der Waals surface area contributed by atoms with Gasteiger partial charge in [-0.05, 0) is 43.5 Å². The summed E-state index contributed by atoms with van der Waals surface area (Å²) < 4.78 is 0. The lowest BCUT2D eigenvalue weighted by Crippen LogP contribution is -2.43. The lowest BCUT2D eigenvalue weighted by Gasteiger charge is -2.33. The van der Waals surface area contributed by atoms with Crippen LogP contribution in [0.1, 0.15) is 26.3 Å². The summed E-state index contributed by atoms with van der Waals surface area (Å²) in [6.07, 6.45) is 7.33. The molecule has 1 aromatic rings. The molecule has 0 amide bonds. The first-order valence-corrected chi connectivity index (χ1v) is 10.2. The van der Waals surface area contributed by atoms with E-state index in [1.807, 2.05) is 7.05 Å². The van der Waals surface area contributed by atoms with Gasteiger partial charge >= 0.3 is 0 Å². The van der Waals surface area contributed by atoms with Crippen molar-refractivity contribution in [2.24, 2.45) is 16.8 Å². The number of aliphatic imine (C=N–C) groups is 1. The molecule has 5 heteroatoms. The molecule has 5 nitrogen and oxygen atoms in total. The number of carbonyl (C=O) groups excluding carboxylic acids is 1. The minimum Gasteiger partial charge on any atom is -0.369 e. The van der Waals surface area contributed by atoms with Crippen LogP contribution < -0.4 is 15.1 Å². The maximum atomic E-state index is 12.0. The Labute approximate surface area is 167 Å². The highest BCUT2D eigenvalue weighted by Gasteiger charge is 2.45. The number of amidine groups is 1. The van der Waals surface area contributed by atoms with Crippen molar-refractivity contribution in [3.8, 4) is 0 Å². The van der Waals surface area contributed by atoms with Crippen molar-refractivity contribution < 1.29 is 4.79 Å². The monoisotopic (exact) mass is 378 g/mol. The van der Waals surface area contributed by atoms with Crippen LogP contribution in [0.4, 0.5) is 11.4 Å². The van der Waals surface area contributed by atoms with Gasteiger partial charge < -0.3 is 19.9 Å². The van der Waals surface area contributed by atoms with E-state index < -0.39 is 0 Å². The van der Waals surface area contributed by atoms with Gasteiger partial charge in [0.05, 0.1) is 11.6 Å². The van der Waals surface area contributed by atoms with E-state index in [0.717, 1.165) is 49.7 Å². The Morgan fingerprint density at radius 1 is 1.25 bits per heavy atom. The molecule has 0 saturated carbocycles. The number of carbonyl (C=O) groups is 1. The Kier molecular flexibility index (Phi) is 4.88. The first-order chi connectivity index (χ1) is 13.5. The Hall–Kier alpha value is -2.40. The summed E-state index contributed by atoms with van der Waals surface area (Å²) in [5.41, 5.74) is 4.47. The fourth-order valence-corrected chi connectivity index (χ4v) is 4.76. The van der Waals surface area contributed by atoms with E-state index in [2.05, 4.69) is 77.3 Å². The first kappa shape index (κ1) is 18.9. The third kappa shape index (κ3) is 2.89. The molecule has 2 heterocycles. The molecule has 0 radical (unpaired) electrons. The number of rotatable bonds is 3. The maximum Gasteiger partial charge on any atom is 0.129 e. The lowest BCUT2D eigenvalue weighted by atomic mass is 9.85. The highest BCUT2D eigenvalue weighted by molar-refractivity contribution is 6.14. The van der Waals surface area contributed by atoms with Crippen LogP contribution in [0.5, 0.6) is 0 Å². The number of piperazine rings is 1. The van der Waals surface area contributed by atoms with Crippen molar-refractivity contribution >= 4 is 23.5 Å². The van der Waals surface area contributed by atoms with Crippen LogP contribution in [0.2, 0.25) is 0 Å². The molecular formula is C23H30N4O. The van der Waals surface area contributed by atoms with Gasteiger partial charge in [-0.2, -0.15) is 0 Å². The van der Waals surface area contributed by atoms with Crippen LogP contribution in [0.15, 0.2) is 47.1 Å². The van der Waals surface area contributed by atoms with Crippen molar-refractivity contribution in [3.05, 3.63) is 47.7 Å². The smallest absolute Gasteiger partial charge is 0.129 e. The van der Waals surface area contributed by atoms with E-state index in [9.17, 15) is 4.79 Å². The number of nitrogens with zero attached hydrogens (tertiary/aromatic N) is 3. The van der Waals surface area contributed by atoms with Gasteiger partial charge in [-0.25, -0.2) is 0 Å². The summed E-state index contributed by atoms with van der Waals surface area (Å²) in [4.78, 5) is 21.3. The fourth-order valence-electron chi connectivity index (χ4n) is 4.76. The number of anilines is 2. The van der Waals surface area contributed by atoms with Crippen molar-refractivity contribution in [3.63, 3.8) is 0 Å². The molecule has 148 valence electrons. The summed E-state index contributed by atoms with van der Waals surface area (Å²) in [7, 11) is 1.85. The van der Waals surface area contributed by atoms with Gasteiger partial charge in [0.1, 0.15) is 12.1 Å². The van der Waals surface area contributed by atoms with Crippen LogP contribution in [0, 0.1) is 11.8 Å². The molecule has 0 aromatic heterocycles. The average Bonchev–Trinajstić information content (AvgIpc) is 2.94. The molecule has 2 aliphatic heterocycles. The SMILES string of the molecule is CN=C1N(C2=CC=CC(C)C2C=O)c2cc(N3CCNCC3)ccc2C1(C)C. The zero-order chi connectivity index (χ0) is 19.9. The molecule has 1 aliphatic carbocycles. The van der Waals surface area contributed by atoms with Crippen LogP contribution in [-0.4, -0.2) is 45.3 Å². The number of hydrogen-bond acceptors (Lipinski definition) is 4. The third-order valence-corrected chi connectivity index (χ3v) is 6.35. The summed E-state index contributed by atoms with van der Waals surface area (Å²) in [5.74, 6) is 1.02. The van der Waals surface area contributed by atoms with E-state index in [4.69, 9.17) is 0 Å². The van der Waals surface area contributed by atoms with Gasteiger partial charge in [-0.15, -0.1) is 0 Å². The van der Waals surface area contributed by atoms with E-state index >= 15 is 0 Å². The van der Waals surface area contributed by atoms with Crippen LogP contribution in [-0.2, 0) is 10.2 Å². The zero-order valence-electron chi connectivity index (χ0n) is 17.3. The van der Waals surface area contributed by atoms with Crippen LogP contribution in [0.3, 0.4) is 0 Å². The molecule has 2 unspecified atom stereocenters. The summed E-state index contributed by atoms with van der Waals surface area (Å²) in [5, 5.41) is 3.42. The molecule has 2 atom stereocenters. The zero-order valence-corrected chi connectivity index (χ0v) is 17.3. The van der Waals surface area contributed by atoms with E-state index in [-0.39, 0.29) is 17.3 Å². The highest BCUT2D eigenvalue weighted by atomic mass is 16.1. The molecule has 0 bridgehead atoms. The Morgan fingerprint density at radius 3 is 2.68 bits per heavy atom. The Bertz CT molecular complexity index is 861. The van der Waals surface area contributed by atoms with Crippen LogP contribution >= 0.6 is 0 Å². The van der Waals surface area contributed by atoms with Crippen molar-refractivity contribution in [2.45, 2.75) is 26.2 Å². The predicted octanol–water partition coefficient (Wildman–Crippen LogP) is 3.13. The molecule has 28 heavy (non-hydrogen) atoms. The topological polar surface area (TPSA) is 47.9 Å². The standard InChI is InChI=1S/C23H30N4O/c1-16-6-5-7-20(18(16)15-28)27-21-14-17(26-12-10-25-11-13-26)8-9-19(21)23(2,3)22(27)24-4/h5-9,14-16,18,25H,10-13H2,1-4H3. The normalized spacial score (nSPS) is 27.7. The number of nitrogens with one attached hydrogen (secondary N) is 1. The Morgan fingerprint density at radius 2 is 2.00 bits per heavy atom. The van der Waals surface area contributed by atoms with Gasteiger partial charge in [0.15, 0.2) is 0 Å². The van der Waals surface area contributed by atoms with E-state index in [1.165, 1.54) is 11.3 Å². The molecule has 1 saturated heterocycles. The lowest BCUT2D eigenvalue weighted by molar-refractivity contribution is -0.110. The van der Waals surface area contributed by atoms with Gasteiger partial charge in [-0.1, -0.05) is 25.1 Å². The summed E-state index contributed by atoms with van der Waals surface area (Å²) in [6, 6.07) is 6.76. The van der Waals surface area contributed by atoms with E-state index in [0.29, 0.717) is 0 Å². The third-order valence-electron chi connectivity index (χ3n) is 6.35. The molecule has 0 spiro atoms. The van der Waals surface area contributed by atoms with E-state index in [1.54, 1.807) is 0 Å². The van der Waals surface area contributed by atoms with Gasteiger partial charge in [0.25, 0.3) is 0 Å². The van der Waals surface area contributed by atoms with Crippen molar-refractivity contribution in [2.75, 3.05) is 43.0 Å². The van der Waals surface area contributed by atoms with Crippen molar-refractivity contribution in [1.82, 2.24) is 5.32 Å². The average molecular weight is 379 g/mol. The second-order valence-corrected chi connectivity index (χ2v) is 8.44. The molecule has 1 aromatic carbocycles. The van der Waals surface area contributed by atoms with Gasteiger partial charge in [0, 0.05) is 50.0 Å². The number of allylic oxidation sites excluding steroid dienone is 4. The number of fused-ring (bicyclic) bond motifs is 1. The maximum absolute atomic E-state index is 12.0. The molecular weight excluding hydrogens is 348 g/mol. The minimum absolute atomic E-state index is 0.161. The number of hydrogen-bond donors (Lipinski definition) is 1. The molecule has 3 aliphatic rings. The molecule has 1 fully saturated rings. The summed E-state index contributed by atoms with van der Waals surface area (Å²) >= 11 is 0. The summed E-state index contributed by atoms with van der Waals surface area (Å²) in [6.45, 7) is 10.6. The van der Waals surface area contributed by atoms with Gasteiger partial charge in [0.2, 0.25) is 0 Å². The first-order valence-electron chi connectivity index (χ1n) is 10.2. The second kappa shape index (κ2) is 7.21. The number of benzene rings is 1. The van der Waals surface area contributed by atoms with Crippen LogP contribution in [0.25, 0.3) is 0 Å². The Balaban J connectivity index is 1.84.